The van der Waals surface area contributed by atoms with Gasteiger partial charge in [0, 0.05) is 32.3 Å². The maximum absolute atomic E-state index is 12.4. The Morgan fingerprint density at radius 2 is 1.92 bits per heavy atom. The minimum Gasteiger partial charge on any atom is -0.351 e. The molecule has 0 atom stereocenters. The number of aryl methyl sites for hydroxylation is 1. The molecule has 1 fully saturated rings. The van der Waals surface area contributed by atoms with Crippen molar-refractivity contribution in [2.75, 3.05) is 13.1 Å². The van der Waals surface area contributed by atoms with Gasteiger partial charge in [0.2, 0.25) is 11.7 Å². The van der Waals surface area contributed by atoms with Crippen molar-refractivity contribution in [1.82, 2.24) is 25.3 Å². The average molecular weight is 357 g/mol. The second-order valence-corrected chi connectivity index (χ2v) is 6.68. The van der Waals surface area contributed by atoms with Crippen molar-refractivity contribution < 1.29 is 14.1 Å². The van der Waals surface area contributed by atoms with E-state index in [1.165, 1.54) is 6.92 Å². The largest absolute Gasteiger partial charge is 0.351 e. The van der Waals surface area contributed by atoms with Crippen LogP contribution in [0.4, 0.5) is 0 Å². The molecule has 3 heterocycles. The molecule has 1 aliphatic rings. The normalized spacial score (nSPS) is 15.1. The maximum atomic E-state index is 12.4. The van der Waals surface area contributed by atoms with E-state index in [0.29, 0.717) is 37.0 Å². The van der Waals surface area contributed by atoms with Crippen LogP contribution in [-0.4, -0.2) is 44.9 Å². The Morgan fingerprint density at radius 3 is 2.50 bits per heavy atom. The number of likely N-dealkylation sites (tertiary alicyclic amines) is 1. The molecule has 0 saturated carbocycles. The van der Waals surface area contributed by atoms with Crippen molar-refractivity contribution in [3.8, 4) is 0 Å². The highest BCUT2D eigenvalue weighted by molar-refractivity contribution is 5.91. The highest BCUT2D eigenvalue weighted by Gasteiger charge is 2.26. The van der Waals surface area contributed by atoms with Crippen LogP contribution >= 0.6 is 0 Å². The zero-order valence-electron chi connectivity index (χ0n) is 15.1. The van der Waals surface area contributed by atoms with Gasteiger partial charge in [0.15, 0.2) is 0 Å². The topological polar surface area (TPSA) is 101 Å². The molecular formula is C18H23N5O3. The minimum absolute atomic E-state index is 0.0855. The maximum Gasteiger partial charge on any atom is 0.292 e. The van der Waals surface area contributed by atoms with E-state index in [1.807, 2.05) is 4.90 Å². The second kappa shape index (κ2) is 8.07. The summed E-state index contributed by atoms with van der Waals surface area (Å²) in [5.41, 5.74) is 2.39. The summed E-state index contributed by atoms with van der Waals surface area (Å²) in [7, 11) is 0. The third kappa shape index (κ3) is 4.65. The number of hydrogen-bond donors (Lipinski definition) is 1. The fraction of sp³-hybridized carbons (Fsp3) is 0.500. The summed E-state index contributed by atoms with van der Waals surface area (Å²) < 4.78 is 5.06. The van der Waals surface area contributed by atoms with E-state index in [4.69, 9.17) is 4.52 Å². The standard InChI is InChI=1S/C18H23N5O3/c1-12-7-17(26-22-12)18(25)23-5-3-14(4-6-23)8-15-9-21-16(11-20-15)10-19-13(2)24/h7,9,11,14H,3-6,8,10H2,1-2H3,(H,19,24). The van der Waals surface area contributed by atoms with Crippen molar-refractivity contribution >= 4 is 11.8 Å². The van der Waals surface area contributed by atoms with Gasteiger partial charge in [0.1, 0.15) is 0 Å². The Labute approximate surface area is 152 Å². The highest BCUT2D eigenvalue weighted by atomic mass is 16.5. The number of carbonyl (C=O) groups excluding carboxylic acids is 2. The Kier molecular flexibility index (Phi) is 5.60. The van der Waals surface area contributed by atoms with Gasteiger partial charge in [0.25, 0.3) is 5.91 Å². The number of piperidine rings is 1. The number of nitrogens with zero attached hydrogens (tertiary/aromatic N) is 4. The van der Waals surface area contributed by atoms with Gasteiger partial charge in [-0.25, -0.2) is 0 Å². The predicted molar refractivity (Wildman–Crippen MR) is 93.1 cm³/mol. The molecule has 1 saturated heterocycles. The molecule has 0 radical (unpaired) electrons. The van der Waals surface area contributed by atoms with Crippen molar-refractivity contribution in [2.24, 2.45) is 5.92 Å². The van der Waals surface area contributed by atoms with Crippen LogP contribution in [0.3, 0.4) is 0 Å². The Hall–Kier alpha value is -2.77. The van der Waals surface area contributed by atoms with Gasteiger partial charge in [-0.05, 0) is 32.1 Å². The summed E-state index contributed by atoms with van der Waals surface area (Å²) in [5.74, 6) is 0.608. The van der Waals surface area contributed by atoms with Crippen molar-refractivity contribution in [2.45, 2.75) is 39.7 Å². The molecule has 26 heavy (non-hydrogen) atoms. The lowest BCUT2D eigenvalue weighted by molar-refractivity contribution is -0.119. The van der Waals surface area contributed by atoms with E-state index in [-0.39, 0.29) is 11.8 Å². The molecule has 138 valence electrons. The van der Waals surface area contributed by atoms with Gasteiger partial charge in [-0.2, -0.15) is 0 Å². The number of aromatic nitrogens is 3. The number of nitrogens with one attached hydrogen (secondary N) is 1. The lowest BCUT2D eigenvalue weighted by Crippen LogP contribution is -2.38. The molecule has 0 aromatic carbocycles. The third-order valence-corrected chi connectivity index (χ3v) is 4.52. The molecule has 0 unspecified atom stereocenters. The van der Waals surface area contributed by atoms with Crippen LogP contribution in [-0.2, 0) is 17.8 Å². The summed E-state index contributed by atoms with van der Waals surface area (Å²) in [5, 5.41) is 6.47. The fourth-order valence-electron chi connectivity index (χ4n) is 3.05. The minimum atomic E-state index is -0.0915. The molecule has 1 N–H and O–H groups in total. The lowest BCUT2D eigenvalue weighted by atomic mass is 9.92. The SMILES string of the molecule is CC(=O)NCc1cnc(CC2CCN(C(=O)c3cc(C)no3)CC2)cn1. The smallest absolute Gasteiger partial charge is 0.292 e. The number of hydrogen-bond acceptors (Lipinski definition) is 6. The van der Waals surface area contributed by atoms with Gasteiger partial charge >= 0.3 is 0 Å². The summed E-state index contributed by atoms with van der Waals surface area (Å²) in [6.45, 7) is 5.08. The van der Waals surface area contributed by atoms with Gasteiger partial charge in [0.05, 0.1) is 29.8 Å². The molecule has 8 nitrogen and oxygen atoms in total. The molecule has 3 rings (SSSR count). The molecule has 1 aliphatic heterocycles. The molecule has 8 heteroatoms. The molecule has 2 amide bonds. The molecule has 0 spiro atoms. The van der Waals surface area contributed by atoms with E-state index < -0.39 is 0 Å². The van der Waals surface area contributed by atoms with Crippen LogP contribution < -0.4 is 5.32 Å². The Balaban J connectivity index is 1.48. The van der Waals surface area contributed by atoms with E-state index in [1.54, 1.807) is 25.4 Å². The Morgan fingerprint density at radius 1 is 1.23 bits per heavy atom. The third-order valence-electron chi connectivity index (χ3n) is 4.52. The lowest BCUT2D eigenvalue weighted by Gasteiger charge is -2.31. The van der Waals surface area contributed by atoms with Crippen molar-refractivity contribution in [3.05, 3.63) is 41.3 Å². The van der Waals surface area contributed by atoms with Crippen molar-refractivity contribution in [1.29, 1.82) is 0 Å². The quantitative estimate of drug-likeness (QED) is 0.870. The van der Waals surface area contributed by atoms with Crippen LogP contribution in [0, 0.1) is 12.8 Å². The first kappa shape index (κ1) is 18.0. The van der Waals surface area contributed by atoms with E-state index in [2.05, 4.69) is 20.4 Å². The van der Waals surface area contributed by atoms with Crippen LogP contribution in [0.15, 0.2) is 23.0 Å². The molecule has 0 aliphatic carbocycles. The summed E-state index contributed by atoms with van der Waals surface area (Å²) in [6.07, 6.45) is 6.17. The summed E-state index contributed by atoms with van der Waals surface area (Å²) >= 11 is 0. The highest BCUT2D eigenvalue weighted by Crippen LogP contribution is 2.22. The summed E-state index contributed by atoms with van der Waals surface area (Å²) in [6, 6.07) is 1.67. The van der Waals surface area contributed by atoms with Gasteiger partial charge in [-0.3, -0.25) is 19.6 Å². The first-order valence-electron chi connectivity index (χ1n) is 8.78. The fourth-order valence-corrected chi connectivity index (χ4v) is 3.05. The summed E-state index contributed by atoms with van der Waals surface area (Å²) in [4.78, 5) is 33.9. The Bertz CT molecular complexity index is 763. The van der Waals surface area contributed by atoms with Crippen LogP contribution in [0.2, 0.25) is 0 Å². The second-order valence-electron chi connectivity index (χ2n) is 6.68. The zero-order chi connectivity index (χ0) is 18.5. The van der Waals surface area contributed by atoms with Crippen LogP contribution in [0.5, 0.6) is 0 Å². The van der Waals surface area contributed by atoms with Crippen LogP contribution in [0.1, 0.15) is 47.4 Å². The number of carbonyl (C=O) groups is 2. The monoisotopic (exact) mass is 357 g/mol. The van der Waals surface area contributed by atoms with Gasteiger partial charge in [-0.15, -0.1) is 0 Å². The van der Waals surface area contributed by atoms with Gasteiger partial charge in [-0.1, -0.05) is 5.16 Å². The van der Waals surface area contributed by atoms with E-state index >= 15 is 0 Å². The van der Waals surface area contributed by atoms with Crippen LogP contribution in [0.25, 0.3) is 0 Å². The molecular weight excluding hydrogens is 334 g/mol. The van der Waals surface area contributed by atoms with E-state index in [9.17, 15) is 9.59 Å². The molecule has 2 aromatic heterocycles. The van der Waals surface area contributed by atoms with Crippen molar-refractivity contribution in [3.63, 3.8) is 0 Å². The first-order chi connectivity index (χ1) is 12.5. The first-order valence-corrected chi connectivity index (χ1v) is 8.78. The predicted octanol–water partition coefficient (Wildman–Crippen LogP) is 1.50. The molecule has 0 bridgehead atoms. The number of rotatable bonds is 5. The number of amides is 2. The molecule has 2 aromatic rings. The zero-order valence-corrected chi connectivity index (χ0v) is 15.1. The van der Waals surface area contributed by atoms with E-state index in [0.717, 1.165) is 30.7 Å². The average Bonchev–Trinajstić information content (AvgIpc) is 3.07. The van der Waals surface area contributed by atoms with Gasteiger partial charge < -0.3 is 14.7 Å².